The number of carbonyl (C=O) groups is 3. The summed E-state index contributed by atoms with van der Waals surface area (Å²) in [6.07, 6.45) is 0.573. The lowest BCUT2D eigenvalue weighted by molar-refractivity contribution is -0.142. The van der Waals surface area contributed by atoms with E-state index in [-0.39, 0.29) is 18.9 Å². The standard InChI is InChI=1S/C11H22N4O4/c1-6(2)8(12)9(16)15-7(10(17)18)4-3-5-14-11(13)19/h6-8H,3-5,12H2,1-2H3,(H,15,16)(H,17,18)(H3,13,14,19)/t7-,8-/m1/s1. The van der Waals surface area contributed by atoms with Crippen LogP contribution in [0.1, 0.15) is 26.7 Å². The molecule has 8 nitrogen and oxygen atoms in total. The molecule has 2 atom stereocenters. The van der Waals surface area contributed by atoms with Crippen molar-refractivity contribution in [3.05, 3.63) is 0 Å². The van der Waals surface area contributed by atoms with Crippen LogP contribution in [0.3, 0.4) is 0 Å². The molecule has 19 heavy (non-hydrogen) atoms. The number of urea groups is 1. The van der Waals surface area contributed by atoms with Gasteiger partial charge >= 0.3 is 12.0 Å². The van der Waals surface area contributed by atoms with E-state index < -0.39 is 30.0 Å². The summed E-state index contributed by atoms with van der Waals surface area (Å²) in [6, 6.07) is -2.43. The molecule has 7 N–H and O–H groups in total. The number of primary amides is 1. The Balaban J connectivity index is 4.23. The van der Waals surface area contributed by atoms with Gasteiger partial charge in [-0.3, -0.25) is 4.79 Å². The fourth-order valence-electron chi connectivity index (χ4n) is 1.35. The van der Waals surface area contributed by atoms with Crippen LogP contribution in [0, 0.1) is 5.92 Å². The molecule has 0 bridgehead atoms. The van der Waals surface area contributed by atoms with E-state index in [1.165, 1.54) is 0 Å². The maximum atomic E-state index is 11.7. The van der Waals surface area contributed by atoms with Crippen molar-refractivity contribution in [3.8, 4) is 0 Å². The molecule has 0 unspecified atom stereocenters. The molecule has 3 amide bonds. The third kappa shape index (κ3) is 7.24. The Labute approximate surface area is 111 Å². The molecule has 0 aliphatic rings. The highest BCUT2D eigenvalue weighted by atomic mass is 16.4. The molecule has 0 aromatic heterocycles. The lowest BCUT2D eigenvalue weighted by atomic mass is 10.0. The smallest absolute Gasteiger partial charge is 0.326 e. The van der Waals surface area contributed by atoms with Crippen LogP contribution in [0.5, 0.6) is 0 Å². The molecule has 0 aromatic rings. The molecule has 0 aliphatic carbocycles. The average molecular weight is 274 g/mol. The summed E-state index contributed by atoms with van der Waals surface area (Å²) >= 11 is 0. The van der Waals surface area contributed by atoms with Crippen molar-refractivity contribution < 1.29 is 19.5 Å². The first-order chi connectivity index (χ1) is 8.75. The second-order valence-corrected chi connectivity index (χ2v) is 4.60. The number of amides is 3. The molecule has 0 aromatic carbocycles. The van der Waals surface area contributed by atoms with Gasteiger partial charge in [-0.05, 0) is 18.8 Å². The molecule has 0 spiro atoms. The van der Waals surface area contributed by atoms with E-state index >= 15 is 0 Å². The molecule has 0 fully saturated rings. The Hall–Kier alpha value is -1.83. The number of carboxylic acids is 1. The predicted octanol–water partition coefficient (Wildman–Crippen LogP) is -1.01. The minimum atomic E-state index is -1.14. The van der Waals surface area contributed by atoms with Gasteiger partial charge in [-0.15, -0.1) is 0 Å². The highest BCUT2D eigenvalue weighted by molar-refractivity contribution is 5.86. The van der Waals surface area contributed by atoms with Crippen LogP contribution >= 0.6 is 0 Å². The van der Waals surface area contributed by atoms with Gasteiger partial charge in [0.15, 0.2) is 0 Å². The number of aliphatic carboxylic acids is 1. The Morgan fingerprint density at radius 1 is 1.26 bits per heavy atom. The second kappa shape index (κ2) is 8.30. The van der Waals surface area contributed by atoms with E-state index in [1.54, 1.807) is 13.8 Å². The molecule has 0 heterocycles. The normalized spacial score (nSPS) is 13.7. The van der Waals surface area contributed by atoms with Gasteiger partial charge in [0.1, 0.15) is 6.04 Å². The molecule has 0 saturated heterocycles. The maximum absolute atomic E-state index is 11.7. The second-order valence-electron chi connectivity index (χ2n) is 4.60. The number of nitrogens with one attached hydrogen (secondary N) is 2. The van der Waals surface area contributed by atoms with Crippen molar-refractivity contribution in [1.82, 2.24) is 10.6 Å². The number of carboxylic acid groups (broad SMARTS) is 1. The van der Waals surface area contributed by atoms with Crippen LogP contribution in [-0.4, -0.2) is 41.6 Å². The Kier molecular flexibility index (Phi) is 7.50. The maximum Gasteiger partial charge on any atom is 0.326 e. The van der Waals surface area contributed by atoms with Gasteiger partial charge < -0.3 is 27.2 Å². The Morgan fingerprint density at radius 3 is 2.26 bits per heavy atom. The summed E-state index contributed by atoms with van der Waals surface area (Å²) in [4.78, 5) is 33.1. The van der Waals surface area contributed by atoms with Crippen LogP contribution in [0.25, 0.3) is 0 Å². The van der Waals surface area contributed by atoms with Gasteiger partial charge in [0.25, 0.3) is 0 Å². The molecule has 0 aliphatic heterocycles. The first-order valence-electron chi connectivity index (χ1n) is 6.07. The van der Waals surface area contributed by atoms with Crippen molar-refractivity contribution in [2.75, 3.05) is 6.54 Å². The zero-order valence-electron chi connectivity index (χ0n) is 11.2. The van der Waals surface area contributed by atoms with E-state index in [2.05, 4.69) is 10.6 Å². The molecule has 8 heteroatoms. The van der Waals surface area contributed by atoms with Crippen LogP contribution in [-0.2, 0) is 9.59 Å². The zero-order chi connectivity index (χ0) is 15.0. The third-order valence-electron chi connectivity index (χ3n) is 2.60. The highest BCUT2D eigenvalue weighted by Gasteiger charge is 2.24. The molecule has 0 radical (unpaired) electrons. The first-order valence-corrected chi connectivity index (χ1v) is 6.07. The summed E-state index contributed by atoms with van der Waals surface area (Å²) in [7, 11) is 0. The summed E-state index contributed by atoms with van der Waals surface area (Å²) < 4.78 is 0. The van der Waals surface area contributed by atoms with Crippen molar-refractivity contribution in [3.63, 3.8) is 0 Å². The summed E-state index contributed by atoms with van der Waals surface area (Å²) in [5, 5.41) is 13.7. The minimum absolute atomic E-state index is 0.0778. The fourth-order valence-corrected chi connectivity index (χ4v) is 1.35. The van der Waals surface area contributed by atoms with Crippen LogP contribution < -0.4 is 22.1 Å². The monoisotopic (exact) mass is 274 g/mol. The number of carbonyl (C=O) groups excluding carboxylic acids is 2. The molecule has 110 valence electrons. The SMILES string of the molecule is CC(C)[C@@H](N)C(=O)N[C@H](CCCNC(N)=O)C(=O)O. The lowest BCUT2D eigenvalue weighted by Gasteiger charge is -2.19. The van der Waals surface area contributed by atoms with E-state index in [9.17, 15) is 14.4 Å². The van der Waals surface area contributed by atoms with Gasteiger partial charge in [0.2, 0.25) is 5.91 Å². The van der Waals surface area contributed by atoms with Crippen molar-refractivity contribution >= 4 is 17.9 Å². The summed E-state index contributed by atoms with van der Waals surface area (Å²) in [5.74, 6) is -1.71. The molecule has 0 saturated carbocycles. The predicted molar refractivity (Wildman–Crippen MR) is 69.2 cm³/mol. The quantitative estimate of drug-likeness (QED) is 0.360. The lowest BCUT2D eigenvalue weighted by Crippen LogP contribution is -2.50. The van der Waals surface area contributed by atoms with E-state index in [0.29, 0.717) is 6.42 Å². The topological polar surface area (TPSA) is 148 Å². The highest BCUT2D eigenvalue weighted by Crippen LogP contribution is 2.02. The van der Waals surface area contributed by atoms with Crippen LogP contribution in [0.2, 0.25) is 0 Å². The van der Waals surface area contributed by atoms with Gasteiger partial charge in [-0.1, -0.05) is 13.8 Å². The van der Waals surface area contributed by atoms with Gasteiger partial charge in [0, 0.05) is 6.54 Å². The number of hydrogen-bond donors (Lipinski definition) is 5. The fraction of sp³-hybridized carbons (Fsp3) is 0.727. The van der Waals surface area contributed by atoms with Crippen molar-refractivity contribution in [1.29, 1.82) is 0 Å². The third-order valence-corrected chi connectivity index (χ3v) is 2.60. The zero-order valence-corrected chi connectivity index (χ0v) is 11.2. The van der Waals surface area contributed by atoms with E-state index in [0.717, 1.165) is 0 Å². The van der Waals surface area contributed by atoms with Crippen LogP contribution in [0.15, 0.2) is 0 Å². The van der Waals surface area contributed by atoms with Gasteiger partial charge in [-0.2, -0.15) is 0 Å². The average Bonchev–Trinajstić information content (AvgIpc) is 2.30. The van der Waals surface area contributed by atoms with Gasteiger partial charge in [0.05, 0.1) is 6.04 Å². The van der Waals surface area contributed by atoms with E-state index in [4.69, 9.17) is 16.6 Å². The van der Waals surface area contributed by atoms with E-state index in [1.807, 2.05) is 0 Å². The number of hydrogen-bond acceptors (Lipinski definition) is 4. The first kappa shape index (κ1) is 17.2. The van der Waals surface area contributed by atoms with Crippen molar-refractivity contribution in [2.45, 2.75) is 38.8 Å². The molecular formula is C11H22N4O4. The van der Waals surface area contributed by atoms with Crippen molar-refractivity contribution in [2.24, 2.45) is 17.4 Å². The minimum Gasteiger partial charge on any atom is -0.480 e. The summed E-state index contributed by atoms with van der Waals surface area (Å²) in [6.45, 7) is 3.80. The summed E-state index contributed by atoms with van der Waals surface area (Å²) in [5.41, 5.74) is 10.5. The largest absolute Gasteiger partial charge is 0.480 e. The van der Waals surface area contributed by atoms with Crippen LogP contribution in [0.4, 0.5) is 4.79 Å². The number of rotatable bonds is 8. The molecular weight excluding hydrogens is 252 g/mol. The molecule has 0 rings (SSSR count). The number of nitrogens with two attached hydrogens (primary N) is 2. The Morgan fingerprint density at radius 2 is 1.84 bits per heavy atom. The Bertz CT molecular complexity index is 333. The van der Waals surface area contributed by atoms with Gasteiger partial charge in [-0.25, -0.2) is 9.59 Å².